The SMILES string of the molecule is O=P(c1ccccc1)(c1ccccc1)c1ccc(S(c2ccccc2)(c2ccccc2)c2ccc(P(=O)(c3ccccc3)c3ccccc3)cc2)cc1. The molecule has 8 aromatic rings. The van der Waals surface area contributed by atoms with Crippen LogP contribution in [0.15, 0.2) is 250 Å². The van der Waals surface area contributed by atoms with Gasteiger partial charge >= 0.3 is 0 Å². The van der Waals surface area contributed by atoms with E-state index in [4.69, 9.17) is 0 Å². The molecule has 0 aromatic heterocycles. The summed E-state index contributed by atoms with van der Waals surface area (Å²) < 4.78 is 30.7. The van der Waals surface area contributed by atoms with Crippen molar-refractivity contribution in [2.45, 2.75) is 19.6 Å². The van der Waals surface area contributed by atoms with E-state index >= 15 is 9.13 Å². The van der Waals surface area contributed by atoms with Crippen molar-refractivity contribution < 1.29 is 9.13 Å². The summed E-state index contributed by atoms with van der Waals surface area (Å²) in [6.45, 7) is 0. The van der Waals surface area contributed by atoms with Crippen LogP contribution in [0, 0.1) is 0 Å². The van der Waals surface area contributed by atoms with Crippen LogP contribution in [0.2, 0.25) is 0 Å². The minimum Gasteiger partial charge on any atom is -0.309 e. The lowest BCUT2D eigenvalue weighted by atomic mass is 10.3. The van der Waals surface area contributed by atoms with Gasteiger partial charge in [-0.25, -0.2) is 0 Å². The van der Waals surface area contributed by atoms with Crippen molar-refractivity contribution >= 4 is 56.1 Å². The number of rotatable bonds is 10. The molecular formula is C48H38O2P2S. The third-order valence-electron chi connectivity index (χ3n) is 9.78. The Hall–Kier alpha value is -5.43. The molecule has 0 saturated carbocycles. The molecule has 0 radical (unpaired) electrons. The molecule has 0 aliphatic carbocycles. The molecule has 2 nitrogen and oxygen atoms in total. The van der Waals surface area contributed by atoms with Crippen LogP contribution in [0.5, 0.6) is 0 Å². The van der Waals surface area contributed by atoms with Crippen LogP contribution in [0.25, 0.3) is 0 Å². The maximum absolute atomic E-state index is 15.3. The molecule has 8 rings (SSSR count). The summed E-state index contributed by atoms with van der Waals surface area (Å²) in [6, 6.07) is 77.6. The summed E-state index contributed by atoms with van der Waals surface area (Å²) in [5, 5.41) is 4.80. The van der Waals surface area contributed by atoms with E-state index in [2.05, 4.69) is 109 Å². The Labute approximate surface area is 313 Å². The summed E-state index contributed by atoms with van der Waals surface area (Å²) in [6.07, 6.45) is 0. The monoisotopic (exact) mass is 740 g/mol. The van der Waals surface area contributed by atoms with Gasteiger partial charge in [0.25, 0.3) is 0 Å². The van der Waals surface area contributed by atoms with Crippen molar-refractivity contribution in [3.05, 3.63) is 231 Å². The molecule has 0 unspecified atom stereocenters. The zero-order chi connectivity index (χ0) is 36.1. The topological polar surface area (TPSA) is 34.1 Å². The van der Waals surface area contributed by atoms with Crippen LogP contribution in [-0.4, -0.2) is 0 Å². The van der Waals surface area contributed by atoms with Gasteiger partial charge in [-0.2, -0.15) is 0 Å². The molecule has 0 N–H and O–H groups in total. The molecule has 8 aromatic carbocycles. The third kappa shape index (κ3) is 6.16. The van der Waals surface area contributed by atoms with Crippen LogP contribution < -0.4 is 31.8 Å². The van der Waals surface area contributed by atoms with E-state index < -0.39 is 24.3 Å². The molecule has 0 saturated heterocycles. The molecule has 0 aliphatic rings. The average Bonchev–Trinajstić information content (AvgIpc) is 3.26. The molecule has 0 atom stereocenters. The summed E-state index contributed by atoms with van der Waals surface area (Å²) >= 11 is 0. The third-order valence-corrected chi connectivity index (χ3v) is 19.8. The fourth-order valence-electron chi connectivity index (χ4n) is 7.23. The first-order valence-corrected chi connectivity index (χ1v) is 22.7. The number of benzene rings is 8. The highest BCUT2D eigenvalue weighted by Gasteiger charge is 2.36. The first-order valence-electron chi connectivity index (χ1n) is 17.6. The van der Waals surface area contributed by atoms with E-state index in [-0.39, 0.29) is 0 Å². The van der Waals surface area contributed by atoms with E-state index in [0.717, 1.165) is 41.6 Å². The quantitative estimate of drug-likeness (QED) is 0.131. The molecule has 0 fully saturated rings. The van der Waals surface area contributed by atoms with Gasteiger partial charge in [-0.05, 0) is 72.8 Å². The van der Waals surface area contributed by atoms with Crippen molar-refractivity contribution in [3.63, 3.8) is 0 Å². The highest BCUT2D eigenvalue weighted by molar-refractivity contribution is 8.34. The van der Waals surface area contributed by atoms with Crippen molar-refractivity contribution in [1.82, 2.24) is 0 Å². The fraction of sp³-hybridized carbons (Fsp3) is 0. The van der Waals surface area contributed by atoms with E-state index in [1.165, 1.54) is 9.79 Å². The lowest BCUT2D eigenvalue weighted by Gasteiger charge is -2.42. The normalized spacial score (nSPS) is 12.2. The molecular weight excluding hydrogens is 703 g/mol. The molecule has 0 amide bonds. The second kappa shape index (κ2) is 14.9. The van der Waals surface area contributed by atoms with Gasteiger partial charge in [0.2, 0.25) is 0 Å². The lowest BCUT2D eigenvalue weighted by molar-refractivity contribution is 0.591. The first kappa shape index (κ1) is 34.6. The van der Waals surface area contributed by atoms with Crippen molar-refractivity contribution in [1.29, 1.82) is 0 Å². The van der Waals surface area contributed by atoms with Gasteiger partial charge in [-0.15, -0.1) is 10.0 Å². The van der Waals surface area contributed by atoms with Gasteiger partial charge in [-0.3, -0.25) is 0 Å². The maximum Gasteiger partial charge on any atom is 0.171 e. The van der Waals surface area contributed by atoms with Crippen LogP contribution in [-0.2, 0) is 9.13 Å². The summed E-state index contributed by atoms with van der Waals surface area (Å²) in [4.78, 5) is 4.59. The molecule has 258 valence electrons. The zero-order valence-corrected chi connectivity index (χ0v) is 31.7. The van der Waals surface area contributed by atoms with Gasteiger partial charge in [0.15, 0.2) is 14.3 Å². The van der Waals surface area contributed by atoms with Gasteiger partial charge in [0, 0.05) is 51.4 Å². The van der Waals surface area contributed by atoms with Crippen molar-refractivity contribution in [3.8, 4) is 0 Å². The van der Waals surface area contributed by atoms with E-state index in [1.54, 1.807) is 0 Å². The molecule has 0 spiro atoms. The summed E-state index contributed by atoms with van der Waals surface area (Å²) in [5.74, 6) is 0. The van der Waals surface area contributed by atoms with Gasteiger partial charge < -0.3 is 9.13 Å². The molecule has 53 heavy (non-hydrogen) atoms. The van der Waals surface area contributed by atoms with Gasteiger partial charge in [-0.1, -0.05) is 158 Å². The number of hydrogen-bond acceptors (Lipinski definition) is 2. The zero-order valence-electron chi connectivity index (χ0n) is 29.1. The average molecular weight is 741 g/mol. The Morgan fingerprint density at radius 1 is 0.226 bits per heavy atom. The summed E-state index contributed by atoms with van der Waals surface area (Å²) in [5.41, 5.74) is 0. The molecule has 0 bridgehead atoms. The van der Waals surface area contributed by atoms with E-state index in [1.807, 2.05) is 121 Å². The Bertz CT molecular complexity index is 2240. The van der Waals surface area contributed by atoms with Crippen LogP contribution in [0.3, 0.4) is 0 Å². The lowest BCUT2D eigenvalue weighted by Crippen LogP contribution is -2.25. The van der Waals surface area contributed by atoms with E-state index in [0.29, 0.717) is 0 Å². The standard InChI is InChI=1S/C48H38O2P2S/c49-51(39-19-7-1-8-20-39,40-21-9-2-10-22-40)43-31-35-47(36-32-43)53(45-27-15-5-16-28-45,46-29-17-6-18-30-46)48-37-33-44(34-38-48)52(50,41-23-11-3-12-24-41)42-25-13-4-14-26-42/h1-38H. The van der Waals surface area contributed by atoms with Gasteiger partial charge in [0.05, 0.1) is 0 Å². The first-order chi connectivity index (χ1) is 26.1. The van der Waals surface area contributed by atoms with Crippen LogP contribution >= 0.6 is 24.3 Å². The highest BCUT2D eigenvalue weighted by Crippen LogP contribution is 2.73. The van der Waals surface area contributed by atoms with Crippen molar-refractivity contribution in [2.24, 2.45) is 0 Å². The van der Waals surface area contributed by atoms with Crippen LogP contribution in [0.4, 0.5) is 0 Å². The van der Waals surface area contributed by atoms with Gasteiger partial charge in [0.1, 0.15) is 0 Å². The van der Waals surface area contributed by atoms with E-state index in [9.17, 15) is 0 Å². The second-order valence-electron chi connectivity index (χ2n) is 12.8. The fourth-order valence-corrected chi connectivity index (χ4v) is 16.4. The molecule has 0 heterocycles. The second-order valence-corrected chi connectivity index (χ2v) is 21.4. The highest BCUT2D eigenvalue weighted by atomic mass is 32.3. The maximum atomic E-state index is 15.3. The Kier molecular flexibility index (Phi) is 9.74. The molecule has 0 aliphatic heterocycles. The Morgan fingerprint density at radius 3 is 0.660 bits per heavy atom. The largest absolute Gasteiger partial charge is 0.309 e. The predicted molar refractivity (Wildman–Crippen MR) is 225 cm³/mol. The minimum atomic E-state index is -3.17. The van der Waals surface area contributed by atoms with Crippen LogP contribution in [0.1, 0.15) is 0 Å². The minimum absolute atomic E-state index is 0.787. The number of hydrogen-bond donors (Lipinski definition) is 0. The summed E-state index contributed by atoms with van der Waals surface area (Å²) in [7, 11) is -8.41. The predicted octanol–water partition coefficient (Wildman–Crippen LogP) is 10.3. The molecule has 5 heteroatoms. The smallest absolute Gasteiger partial charge is 0.171 e. The Morgan fingerprint density at radius 2 is 0.415 bits per heavy atom. The van der Waals surface area contributed by atoms with Crippen molar-refractivity contribution in [2.75, 3.05) is 0 Å². The Balaban J connectivity index is 1.34.